The number of likely N-dealkylation sites (N-methyl/N-ethyl adjacent to an activating group) is 1. The molecule has 1 amide bonds. The molecule has 3 rings (SSSR count). The number of carbonyl (C=O) groups excluding carboxylic acids is 2. The van der Waals surface area contributed by atoms with Gasteiger partial charge in [-0.15, -0.1) is 0 Å². The summed E-state index contributed by atoms with van der Waals surface area (Å²) in [6.07, 6.45) is 7.80. The van der Waals surface area contributed by atoms with Crippen LogP contribution < -0.4 is 16.0 Å². The van der Waals surface area contributed by atoms with E-state index in [0.29, 0.717) is 24.9 Å². The zero-order chi connectivity index (χ0) is 35.5. The SMILES string of the molecule is CCCCCC(C)(C)Nc1ccc(-c2ccc(NC(=O)c3cc(C(=O)C(CCC)(CCCC)NC)c(C(=O)O)cc3C(=O)O)cc2)cc1. The molecule has 0 aliphatic heterocycles. The standard InChI is InChI=1S/C39H51N3O6/c1-7-10-12-22-38(4,5)42-29-19-15-27(16-20-29)26-13-17-28(18-14-26)41-35(44)31-24-30(32(36(45)46)25-33(31)37(47)48)34(43)39(40-6,21-9-3)23-11-8-2/h13-20,24-25,40,42H,7-12,21-23H2,1-6H3,(H,41,44)(H,45,46)(H,47,48). The van der Waals surface area contributed by atoms with E-state index in [-0.39, 0.29) is 16.7 Å². The predicted octanol–water partition coefficient (Wildman–Crippen LogP) is 8.90. The van der Waals surface area contributed by atoms with Crippen molar-refractivity contribution in [3.8, 4) is 11.1 Å². The molecule has 0 radical (unpaired) electrons. The van der Waals surface area contributed by atoms with E-state index >= 15 is 0 Å². The quantitative estimate of drug-likeness (QED) is 0.0635. The van der Waals surface area contributed by atoms with E-state index in [1.54, 1.807) is 19.2 Å². The summed E-state index contributed by atoms with van der Waals surface area (Å²) in [4.78, 5) is 52.1. The van der Waals surface area contributed by atoms with Gasteiger partial charge in [-0.3, -0.25) is 9.59 Å². The number of benzene rings is 3. The van der Waals surface area contributed by atoms with Crippen molar-refractivity contribution >= 4 is 35.0 Å². The summed E-state index contributed by atoms with van der Waals surface area (Å²) >= 11 is 0. The number of rotatable bonds is 19. The molecule has 3 aromatic carbocycles. The van der Waals surface area contributed by atoms with Crippen LogP contribution in [0.1, 0.15) is 134 Å². The highest BCUT2D eigenvalue weighted by atomic mass is 16.4. The Bertz CT molecular complexity index is 1580. The molecule has 48 heavy (non-hydrogen) atoms. The lowest BCUT2D eigenvalue weighted by Gasteiger charge is -2.33. The maximum atomic E-state index is 14.0. The molecule has 0 saturated heterocycles. The average Bonchev–Trinajstić information content (AvgIpc) is 3.06. The Morgan fingerprint density at radius 3 is 1.65 bits per heavy atom. The summed E-state index contributed by atoms with van der Waals surface area (Å²) in [7, 11) is 1.66. The van der Waals surface area contributed by atoms with Gasteiger partial charge in [0.05, 0.1) is 22.2 Å². The predicted molar refractivity (Wildman–Crippen MR) is 193 cm³/mol. The lowest BCUT2D eigenvalue weighted by Crippen LogP contribution is -2.50. The van der Waals surface area contributed by atoms with Gasteiger partial charge >= 0.3 is 11.9 Å². The second-order valence-electron chi connectivity index (χ2n) is 13.1. The fourth-order valence-electron chi connectivity index (χ4n) is 6.17. The third-order valence-corrected chi connectivity index (χ3v) is 8.90. The van der Waals surface area contributed by atoms with Crippen LogP contribution in [0.25, 0.3) is 11.1 Å². The van der Waals surface area contributed by atoms with Crippen LogP contribution in [0.2, 0.25) is 0 Å². The minimum atomic E-state index is -1.47. The van der Waals surface area contributed by atoms with Crippen LogP contribution in [-0.4, -0.2) is 52.0 Å². The van der Waals surface area contributed by atoms with Gasteiger partial charge in [0.25, 0.3) is 5.91 Å². The van der Waals surface area contributed by atoms with Crippen LogP contribution in [0.4, 0.5) is 11.4 Å². The molecule has 0 aromatic heterocycles. The van der Waals surface area contributed by atoms with Gasteiger partial charge in [0.2, 0.25) is 0 Å². The summed E-state index contributed by atoms with van der Waals surface area (Å²) in [5.41, 5.74) is 0.863. The first kappa shape index (κ1) is 38.0. The van der Waals surface area contributed by atoms with E-state index < -0.39 is 40.3 Å². The second kappa shape index (κ2) is 17.1. The van der Waals surface area contributed by atoms with Crippen molar-refractivity contribution < 1.29 is 29.4 Å². The molecule has 0 saturated carbocycles. The zero-order valence-corrected chi connectivity index (χ0v) is 29.2. The van der Waals surface area contributed by atoms with E-state index in [1.165, 1.54) is 19.3 Å². The first-order valence-corrected chi connectivity index (χ1v) is 17.0. The monoisotopic (exact) mass is 657 g/mol. The minimum Gasteiger partial charge on any atom is -0.478 e. The summed E-state index contributed by atoms with van der Waals surface area (Å²) < 4.78 is 0. The largest absolute Gasteiger partial charge is 0.478 e. The number of aromatic carboxylic acids is 2. The highest BCUT2D eigenvalue weighted by Crippen LogP contribution is 2.30. The van der Waals surface area contributed by atoms with E-state index in [9.17, 15) is 29.4 Å². The number of carboxylic acid groups (broad SMARTS) is 2. The summed E-state index contributed by atoms with van der Waals surface area (Å²) in [5, 5.41) is 29.4. The van der Waals surface area contributed by atoms with Crippen molar-refractivity contribution in [1.29, 1.82) is 0 Å². The Morgan fingerprint density at radius 2 is 1.15 bits per heavy atom. The number of ketones is 1. The molecule has 9 nitrogen and oxygen atoms in total. The third kappa shape index (κ3) is 9.53. The minimum absolute atomic E-state index is 0.0143. The lowest BCUT2D eigenvalue weighted by molar-refractivity contribution is 0.0683. The van der Waals surface area contributed by atoms with Crippen molar-refractivity contribution in [1.82, 2.24) is 5.32 Å². The molecular formula is C39H51N3O6. The number of amides is 1. The van der Waals surface area contributed by atoms with Gasteiger partial charge in [-0.1, -0.05) is 83.6 Å². The molecule has 0 fully saturated rings. The van der Waals surface area contributed by atoms with Crippen molar-refractivity contribution in [2.75, 3.05) is 17.7 Å². The van der Waals surface area contributed by atoms with E-state index in [2.05, 4.69) is 36.7 Å². The van der Waals surface area contributed by atoms with Crippen LogP contribution in [0.15, 0.2) is 60.7 Å². The maximum absolute atomic E-state index is 14.0. The smallest absolute Gasteiger partial charge is 0.336 e. The molecule has 0 heterocycles. The number of anilines is 2. The highest BCUT2D eigenvalue weighted by molar-refractivity contribution is 6.16. The van der Waals surface area contributed by atoms with E-state index in [1.807, 2.05) is 50.2 Å². The Morgan fingerprint density at radius 1 is 0.625 bits per heavy atom. The summed E-state index contributed by atoms with van der Waals surface area (Å²) in [6.45, 7) is 10.5. The van der Waals surface area contributed by atoms with E-state index in [0.717, 1.165) is 48.2 Å². The number of carboxylic acids is 2. The van der Waals surface area contributed by atoms with Gasteiger partial charge in [-0.2, -0.15) is 0 Å². The molecule has 0 spiro atoms. The van der Waals surface area contributed by atoms with Crippen molar-refractivity contribution in [3.05, 3.63) is 82.9 Å². The lowest BCUT2D eigenvalue weighted by atomic mass is 9.79. The van der Waals surface area contributed by atoms with Crippen molar-refractivity contribution in [3.63, 3.8) is 0 Å². The summed E-state index contributed by atoms with van der Waals surface area (Å²) in [5.74, 6) is -4.16. The van der Waals surface area contributed by atoms with Crippen LogP contribution in [-0.2, 0) is 0 Å². The fraction of sp³-hybridized carbons (Fsp3) is 0.436. The fourth-order valence-corrected chi connectivity index (χ4v) is 6.17. The molecule has 0 bridgehead atoms. The highest BCUT2D eigenvalue weighted by Gasteiger charge is 2.39. The molecule has 9 heteroatoms. The van der Waals surface area contributed by atoms with Crippen LogP contribution >= 0.6 is 0 Å². The first-order valence-electron chi connectivity index (χ1n) is 17.0. The maximum Gasteiger partial charge on any atom is 0.336 e. The first-order chi connectivity index (χ1) is 22.8. The Kier molecular flexibility index (Phi) is 13.5. The number of nitrogens with one attached hydrogen (secondary N) is 3. The molecule has 0 aliphatic rings. The molecule has 0 aliphatic carbocycles. The zero-order valence-electron chi connectivity index (χ0n) is 29.2. The normalized spacial score (nSPS) is 12.6. The van der Waals surface area contributed by atoms with Gasteiger partial charge in [0.15, 0.2) is 5.78 Å². The number of unbranched alkanes of at least 4 members (excludes halogenated alkanes) is 3. The third-order valence-electron chi connectivity index (χ3n) is 8.90. The average molecular weight is 658 g/mol. The number of Topliss-reactive ketones (excluding diaryl/α,β-unsaturated/α-hetero) is 1. The topological polar surface area (TPSA) is 145 Å². The molecule has 1 atom stereocenters. The van der Waals surface area contributed by atoms with Crippen LogP contribution in [0.5, 0.6) is 0 Å². The van der Waals surface area contributed by atoms with Crippen LogP contribution in [0, 0.1) is 0 Å². The van der Waals surface area contributed by atoms with Crippen LogP contribution in [0.3, 0.4) is 0 Å². The number of carbonyl (C=O) groups is 4. The Labute approximate surface area is 284 Å². The number of hydrogen-bond acceptors (Lipinski definition) is 6. The van der Waals surface area contributed by atoms with Gasteiger partial charge < -0.3 is 26.2 Å². The summed E-state index contributed by atoms with van der Waals surface area (Å²) in [6, 6.07) is 17.3. The van der Waals surface area contributed by atoms with Gasteiger partial charge in [-0.25, -0.2) is 9.59 Å². The molecule has 3 aromatic rings. The number of hydrogen-bond donors (Lipinski definition) is 5. The van der Waals surface area contributed by atoms with Gasteiger partial charge in [0, 0.05) is 22.5 Å². The Hall–Kier alpha value is -4.50. The van der Waals surface area contributed by atoms with Crippen molar-refractivity contribution in [2.24, 2.45) is 0 Å². The van der Waals surface area contributed by atoms with Gasteiger partial charge in [-0.05, 0) is 87.7 Å². The molecular weight excluding hydrogens is 606 g/mol. The molecule has 5 N–H and O–H groups in total. The van der Waals surface area contributed by atoms with Crippen molar-refractivity contribution in [2.45, 2.75) is 103 Å². The van der Waals surface area contributed by atoms with Gasteiger partial charge in [0.1, 0.15) is 0 Å². The Balaban J connectivity index is 1.89. The molecule has 1 unspecified atom stereocenters. The second-order valence-corrected chi connectivity index (χ2v) is 13.1. The molecule has 258 valence electrons. The van der Waals surface area contributed by atoms with E-state index in [4.69, 9.17) is 0 Å².